The van der Waals surface area contributed by atoms with Crippen LogP contribution in [0, 0.1) is 3.57 Å². The van der Waals surface area contributed by atoms with Crippen LogP contribution in [0.1, 0.15) is 7.43 Å². The van der Waals surface area contributed by atoms with Crippen LogP contribution in [-0.2, 0) is 0 Å². The summed E-state index contributed by atoms with van der Waals surface area (Å²) in [5.41, 5.74) is 31.0. The van der Waals surface area contributed by atoms with Crippen molar-refractivity contribution in [2.24, 2.45) is 0 Å². The molecule has 0 aliphatic carbocycles. The molecule has 8 heterocycles. The first-order valence-electron chi connectivity index (χ1n) is 32.3. The number of nitrogens with two attached hydrogens (primary N) is 2. The molecule has 0 atom stereocenters. The quantitative estimate of drug-likeness (QED) is 0.0673. The number of aromatic amines is 1. The number of nitrogens with zero attached hydrogens (tertiary/aromatic N) is 8. The number of rotatable bonds is 5. The fourth-order valence-electron chi connectivity index (χ4n) is 13.4. The number of H-pyrrole nitrogens is 1. The van der Waals surface area contributed by atoms with E-state index in [4.69, 9.17) is 42.8 Å². The fourth-order valence-corrected chi connectivity index (χ4v) is 13.8. The highest BCUT2D eigenvalue weighted by Crippen LogP contribution is 2.41. The average Bonchev–Trinajstić information content (AvgIpc) is 1.53. The highest BCUT2D eigenvalue weighted by molar-refractivity contribution is 14.1. The number of benzene rings is 12. The van der Waals surface area contributed by atoms with Crippen molar-refractivity contribution in [1.82, 2.24) is 43.0 Å². The van der Waals surface area contributed by atoms with Gasteiger partial charge in [-0.05, 0) is 168 Å². The van der Waals surface area contributed by atoms with Gasteiger partial charge in [0.25, 0.3) is 0 Å². The van der Waals surface area contributed by atoms with Gasteiger partial charge in [-0.25, -0.2) is 15.0 Å². The Morgan fingerprint density at radius 2 is 0.840 bits per heavy atom. The first-order valence-corrected chi connectivity index (χ1v) is 33.8. The average molecular weight is 1430 g/mol. The van der Waals surface area contributed by atoms with Crippen LogP contribution < -0.4 is 16.2 Å². The van der Waals surface area contributed by atoms with Crippen molar-refractivity contribution in [1.29, 1.82) is 0 Å². The van der Waals surface area contributed by atoms with Crippen molar-refractivity contribution < 1.29 is 4.74 Å². The molecule has 0 saturated heterocycles. The first-order chi connectivity index (χ1) is 48.8. The van der Waals surface area contributed by atoms with Crippen LogP contribution in [0.25, 0.3) is 143 Å². The molecule has 100 heavy (non-hydrogen) atoms. The van der Waals surface area contributed by atoms with Gasteiger partial charge in [0.1, 0.15) is 22.4 Å². The van der Waals surface area contributed by atoms with Crippen LogP contribution >= 0.6 is 34.2 Å². The molecule has 0 radical (unpaired) electrons. The summed E-state index contributed by atoms with van der Waals surface area (Å²) in [4.78, 5) is 22.0. The first kappa shape index (κ1) is 63.7. The zero-order valence-electron chi connectivity index (χ0n) is 53.5. The second-order valence-corrected chi connectivity index (χ2v) is 25.3. The molecule has 12 nitrogen and oxygen atoms in total. The number of halogens is 2. The third-order valence-electron chi connectivity index (χ3n) is 17.9. The third-order valence-corrected chi connectivity index (χ3v) is 19.4. The van der Waals surface area contributed by atoms with Gasteiger partial charge < -0.3 is 34.9 Å². The lowest BCUT2D eigenvalue weighted by molar-refractivity contribution is 0.415. The molecule has 0 aliphatic rings. The Bertz CT molecular complexity index is 6240. The summed E-state index contributed by atoms with van der Waals surface area (Å²) in [5.74, 6) is 1.77. The van der Waals surface area contributed by atoms with Gasteiger partial charge in [-0.3, -0.25) is 9.38 Å². The van der Waals surface area contributed by atoms with Crippen molar-refractivity contribution >= 4 is 161 Å². The van der Waals surface area contributed by atoms with Gasteiger partial charge in [0.05, 0.1) is 88.3 Å². The number of ether oxygens (including phenoxy) is 1. The monoisotopic (exact) mass is 1430 g/mol. The van der Waals surface area contributed by atoms with Gasteiger partial charge in [0.15, 0.2) is 0 Å². The Morgan fingerprint density at radius 1 is 0.380 bits per heavy atom. The highest BCUT2D eigenvalue weighted by Gasteiger charge is 2.20. The van der Waals surface area contributed by atoms with E-state index in [1.54, 1.807) is 25.4 Å². The van der Waals surface area contributed by atoms with Gasteiger partial charge in [-0.2, -0.15) is 0 Å². The second kappa shape index (κ2) is 27.7. The Kier molecular flexibility index (Phi) is 17.6. The summed E-state index contributed by atoms with van der Waals surface area (Å²) in [6, 6.07) is 106. The van der Waals surface area contributed by atoms with E-state index in [-0.39, 0.29) is 7.43 Å². The Morgan fingerprint density at radius 3 is 1.39 bits per heavy atom. The SMILES string of the molecule is C.COc1ccc2c3ccccc3n(-c3ccccc3)c2c1.Clc1ncccc1I.Nc1ccccc1N.c1ccc(-n2c3ccccc3c3cc4c(cc32)c2nc3ccccc3n2c2cccnc42)cc1.c1ccc(-n2c3ccccc3c3ccc(-c4nc5ccccc5[nH]4)cc32)cc1. The fraction of sp³-hybridized carbons (Fsp3) is 0.0233. The normalized spacial score (nSPS) is 11.2. The van der Waals surface area contributed by atoms with E-state index in [2.05, 4.69) is 281 Å². The van der Waals surface area contributed by atoms with E-state index in [0.29, 0.717) is 16.5 Å². The Balaban J connectivity index is 0.000000111. The highest BCUT2D eigenvalue weighted by atomic mass is 127. The molecule has 20 rings (SSSR count). The number of methoxy groups -OCH3 is 1. The summed E-state index contributed by atoms with van der Waals surface area (Å²) in [6.45, 7) is 0. The number of pyridine rings is 3. The van der Waals surface area contributed by atoms with Crippen LogP contribution in [0.4, 0.5) is 11.4 Å². The summed E-state index contributed by atoms with van der Waals surface area (Å²) in [7, 11) is 1.71. The lowest BCUT2D eigenvalue weighted by atomic mass is 10.1. The van der Waals surface area contributed by atoms with E-state index < -0.39 is 0 Å². The van der Waals surface area contributed by atoms with Crippen molar-refractivity contribution in [3.8, 4) is 34.2 Å². The lowest BCUT2D eigenvalue weighted by Gasteiger charge is -2.10. The molecule has 0 amide bonds. The van der Waals surface area contributed by atoms with Crippen molar-refractivity contribution in [3.05, 3.63) is 331 Å². The molecule has 484 valence electrons. The van der Waals surface area contributed by atoms with Gasteiger partial charge in [-0.15, -0.1) is 0 Å². The predicted octanol–water partition coefficient (Wildman–Crippen LogP) is 22.2. The Labute approximate surface area is 594 Å². The number of hydrogen-bond acceptors (Lipinski definition) is 7. The van der Waals surface area contributed by atoms with Crippen LogP contribution in [0.2, 0.25) is 5.15 Å². The van der Waals surface area contributed by atoms with Gasteiger partial charge in [0, 0.05) is 84.2 Å². The van der Waals surface area contributed by atoms with Gasteiger partial charge in [-0.1, -0.05) is 177 Å². The third kappa shape index (κ3) is 11.9. The molecule has 12 aromatic carbocycles. The summed E-state index contributed by atoms with van der Waals surface area (Å²) in [6.07, 6.45) is 3.55. The van der Waals surface area contributed by atoms with Gasteiger partial charge >= 0.3 is 0 Å². The van der Waals surface area contributed by atoms with E-state index in [1.165, 1.54) is 65.4 Å². The summed E-state index contributed by atoms with van der Waals surface area (Å²) in [5, 5.41) is 10.3. The molecule has 0 spiro atoms. The second-order valence-electron chi connectivity index (χ2n) is 23.7. The number of fused-ring (bicyclic) bond motifs is 18. The molecule has 0 aliphatic heterocycles. The zero-order valence-corrected chi connectivity index (χ0v) is 56.4. The molecule has 0 fully saturated rings. The summed E-state index contributed by atoms with van der Waals surface area (Å²) >= 11 is 7.72. The van der Waals surface area contributed by atoms with E-state index in [9.17, 15) is 0 Å². The topological polar surface area (TPSA) is 148 Å². The lowest BCUT2D eigenvalue weighted by Crippen LogP contribution is -1.95. The molecule has 20 aromatic rings. The number of imidazole rings is 2. The molecule has 14 heteroatoms. The Hall–Kier alpha value is -12.3. The van der Waals surface area contributed by atoms with Crippen molar-refractivity contribution in [2.75, 3.05) is 18.6 Å². The number of nitrogen functional groups attached to an aromatic ring is 2. The molecule has 8 aromatic heterocycles. The number of nitrogens with one attached hydrogen (secondary N) is 1. The van der Waals surface area contributed by atoms with E-state index >= 15 is 0 Å². The largest absolute Gasteiger partial charge is 0.497 e. The molecule has 0 bridgehead atoms. The molecular weight excluding hydrogens is 1370 g/mol. The summed E-state index contributed by atoms with van der Waals surface area (Å²) < 4.78 is 15.6. The standard InChI is InChI=1S/C30H18N4.C25H17N3.C19H15NO.C6H8N2.C5H3ClIN.CH4/c1-2-9-19(10-3-1)33-25-13-6-4-11-20(25)21-17-22-23(18-28(21)33)30-32-24-12-5-7-14-26(24)34(30)27-15-8-16-31-29(22)27;1-2-8-18(9-3-1)28-23-13-7-4-10-19(23)20-15-14-17(16-24(20)28)25-26-21-11-5-6-12-22(21)27-25;1-21-15-11-12-17-16-9-5-6-10-18(16)20(19(17)13-15)14-7-3-2-4-8-14;7-5-3-1-2-4-6(5)8;6-5-4(7)2-1-3-8-5;/h1-18H;1-16H,(H,26,27);2-13H,1H3;1-4H,7-8H2;1-3H;1H4. The molecular formula is C86H65ClIN11O. The minimum absolute atomic E-state index is 0. The van der Waals surface area contributed by atoms with Crippen LogP contribution in [0.15, 0.2) is 322 Å². The molecule has 0 saturated carbocycles. The number of anilines is 2. The maximum absolute atomic E-state index is 5.59. The van der Waals surface area contributed by atoms with Gasteiger partial charge in [0.2, 0.25) is 0 Å². The van der Waals surface area contributed by atoms with E-state index in [0.717, 1.165) is 87.3 Å². The number of aromatic nitrogens is 9. The van der Waals surface area contributed by atoms with Crippen LogP contribution in [0.5, 0.6) is 5.75 Å². The van der Waals surface area contributed by atoms with Crippen LogP contribution in [-0.4, -0.2) is 50.1 Å². The molecule has 5 N–H and O–H groups in total. The minimum Gasteiger partial charge on any atom is -0.497 e. The zero-order chi connectivity index (χ0) is 66.9. The number of para-hydroxylation sites is 12. The van der Waals surface area contributed by atoms with Crippen molar-refractivity contribution in [3.63, 3.8) is 0 Å². The minimum atomic E-state index is 0. The predicted molar refractivity (Wildman–Crippen MR) is 427 cm³/mol. The van der Waals surface area contributed by atoms with E-state index in [1.807, 2.05) is 72.9 Å². The van der Waals surface area contributed by atoms with Crippen molar-refractivity contribution in [2.45, 2.75) is 7.43 Å². The maximum Gasteiger partial charge on any atom is 0.146 e. The smallest absolute Gasteiger partial charge is 0.146 e. The van der Waals surface area contributed by atoms with Crippen LogP contribution in [0.3, 0.4) is 0 Å². The number of hydrogen-bond donors (Lipinski definition) is 3. The molecule has 0 unspecified atom stereocenters. The maximum atomic E-state index is 5.59.